The number of nitrogens with one attached hydrogen (secondary N) is 1. The molecule has 2 aromatic carbocycles. The van der Waals surface area contributed by atoms with E-state index in [1.165, 1.54) is 4.90 Å². The molecule has 0 spiro atoms. The van der Waals surface area contributed by atoms with Gasteiger partial charge >= 0.3 is 0 Å². The lowest BCUT2D eigenvalue weighted by Crippen LogP contribution is -2.28. The van der Waals surface area contributed by atoms with Crippen LogP contribution in [0.1, 0.15) is 5.56 Å². The maximum absolute atomic E-state index is 12.9. The summed E-state index contributed by atoms with van der Waals surface area (Å²) < 4.78 is 15.9. The topological polar surface area (TPSA) is 71.8 Å². The summed E-state index contributed by atoms with van der Waals surface area (Å²) >= 11 is 7.13. The van der Waals surface area contributed by atoms with Gasteiger partial charge in [-0.3, -0.25) is 15.1 Å². The van der Waals surface area contributed by atoms with Gasteiger partial charge in [0, 0.05) is 16.7 Å². The maximum atomic E-state index is 12.9. The van der Waals surface area contributed by atoms with E-state index in [1.807, 2.05) is 0 Å². The van der Waals surface area contributed by atoms with Crippen LogP contribution < -0.4 is 19.1 Å². The molecule has 8 heteroatoms. The molecule has 1 amide bonds. The second-order valence-electron chi connectivity index (χ2n) is 5.48. The number of hydrogen-bond donors (Lipinski definition) is 1. The number of benzene rings is 2. The Morgan fingerprint density at radius 3 is 2.85 bits per heavy atom. The van der Waals surface area contributed by atoms with Gasteiger partial charge in [-0.1, -0.05) is 11.6 Å². The number of fused-ring (bicyclic) bond motifs is 1. The maximum Gasteiger partial charge on any atom is 0.271 e. The van der Waals surface area contributed by atoms with E-state index in [-0.39, 0.29) is 17.9 Å². The van der Waals surface area contributed by atoms with Crippen LogP contribution in [0.4, 0.5) is 5.69 Å². The third-order valence-electron chi connectivity index (χ3n) is 3.92. The number of nitrogens with zero attached hydrogens (tertiary/aromatic N) is 1. The van der Waals surface area contributed by atoms with Crippen molar-refractivity contribution in [3.8, 4) is 17.2 Å². The number of thioether (sulfide) groups is 1. The highest BCUT2D eigenvalue weighted by atomic mass is 35.5. The van der Waals surface area contributed by atoms with E-state index in [0.29, 0.717) is 38.4 Å². The molecule has 26 heavy (non-hydrogen) atoms. The molecule has 2 heterocycles. The Hall–Kier alpha value is -2.64. The predicted octanol–water partition coefficient (Wildman–Crippen LogP) is 4.13. The number of ether oxygens (including phenoxy) is 3. The summed E-state index contributed by atoms with van der Waals surface area (Å²) in [5.41, 5.74) is 1.23. The molecular weight excluding hydrogens is 376 g/mol. The van der Waals surface area contributed by atoms with Gasteiger partial charge in [-0.2, -0.15) is 0 Å². The molecule has 0 bridgehead atoms. The lowest BCUT2D eigenvalue weighted by Gasteiger charge is -2.14. The minimum absolute atomic E-state index is 0.112. The summed E-state index contributed by atoms with van der Waals surface area (Å²) in [4.78, 5) is 14.6. The van der Waals surface area contributed by atoms with Crippen LogP contribution in [0.2, 0.25) is 5.02 Å². The molecule has 2 aliphatic heterocycles. The highest BCUT2D eigenvalue weighted by Crippen LogP contribution is 2.41. The standard InChI is InChI=1S/C18H13ClN2O4S/c1-23-13-4-2-11(19)6-10(13)7-16-17(22)21(18(20)26-16)12-3-5-14-15(8-12)25-9-24-14/h2-8,20H,9H2,1H3/b16-7-,20-18?. The molecule has 0 saturated carbocycles. The van der Waals surface area contributed by atoms with E-state index in [0.717, 1.165) is 11.8 Å². The fraction of sp³-hybridized carbons (Fsp3) is 0.111. The molecule has 4 rings (SSSR count). The number of carbonyl (C=O) groups excluding carboxylic acids is 1. The van der Waals surface area contributed by atoms with Crippen LogP contribution in [0.15, 0.2) is 41.3 Å². The van der Waals surface area contributed by atoms with E-state index in [1.54, 1.807) is 49.6 Å². The fourth-order valence-electron chi connectivity index (χ4n) is 2.71. The normalized spacial score (nSPS) is 17.3. The molecule has 0 aliphatic carbocycles. The number of anilines is 1. The third-order valence-corrected chi connectivity index (χ3v) is 5.04. The van der Waals surface area contributed by atoms with E-state index in [4.69, 9.17) is 31.2 Å². The van der Waals surface area contributed by atoms with Crippen molar-refractivity contribution in [1.82, 2.24) is 0 Å². The van der Waals surface area contributed by atoms with E-state index < -0.39 is 0 Å². The molecular formula is C18H13ClN2O4S. The van der Waals surface area contributed by atoms with Crippen molar-refractivity contribution in [1.29, 1.82) is 5.41 Å². The minimum atomic E-state index is -0.291. The first kappa shape index (κ1) is 16.8. The van der Waals surface area contributed by atoms with E-state index >= 15 is 0 Å². The van der Waals surface area contributed by atoms with Gasteiger partial charge in [0.2, 0.25) is 6.79 Å². The van der Waals surface area contributed by atoms with Crippen LogP contribution in [0.5, 0.6) is 17.2 Å². The third kappa shape index (κ3) is 2.89. The summed E-state index contributed by atoms with van der Waals surface area (Å²) in [6, 6.07) is 10.3. The quantitative estimate of drug-likeness (QED) is 0.800. The van der Waals surface area contributed by atoms with Crippen LogP contribution in [-0.2, 0) is 4.79 Å². The number of hydrogen-bond acceptors (Lipinski definition) is 6. The molecule has 2 aromatic rings. The molecule has 1 N–H and O–H groups in total. The number of halogens is 1. The molecule has 1 saturated heterocycles. The summed E-state index contributed by atoms with van der Waals surface area (Å²) in [7, 11) is 1.55. The highest BCUT2D eigenvalue weighted by molar-refractivity contribution is 8.19. The molecule has 0 atom stereocenters. The molecule has 1 fully saturated rings. The molecule has 2 aliphatic rings. The monoisotopic (exact) mass is 388 g/mol. The SMILES string of the molecule is COc1ccc(Cl)cc1/C=C1\SC(=N)N(c2ccc3c(c2)OCO3)C1=O. The smallest absolute Gasteiger partial charge is 0.271 e. The average Bonchev–Trinajstić information content (AvgIpc) is 3.19. The van der Waals surface area contributed by atoms with Crippen molar-refractivity contribution < 1.29 is 19.0 Å². The minimum Gasteiger partial charge on any atom is -0.496 e. The number of methoxy groups -OCH3 is 1. The van der Waals surface area contributed by atoms with Gasteiger partial charge in [-0.15, -0.1) is 0 Å². The Morgan fingerprint density at radius 2 is 2.04 bits per heavy atom. The molecule has 132 valence electrons. The predicted molar refractivity (Wildman–Crippen MR) is 101 cm³/mol. The molecule has 0 unspecified atom stereocenters. The Balaban J connectivity index is 1.69. The first-order valence-electron chi connectivity index (χ1n) is 7.62. The number of amides is 1. The van der Waals surface area contributed by atoms with Crippen LogP contribution in [0, 0.1) is 5.41 Å². The van der Waals surface area contributed by atoms with Crippen molar-refractivity contribution in [2.75, 3.05) is 18.8 Å². The summed E-state index contributed by atoms with van der Waals surface area (Å²) in [6.45, 7) is 0.151. The summed E-state index contributed by atoms with van der Waals surface area (Å²) in [6.07, 6.45) is 1.68. The van der Waals surface area contributed by atoms with Gasteiger partial charge < -0.3 is 14.2 Å². The Bertz CT molecular complexity index is 960. The first-order valence-corrected chi connectivity index (χ1v) is 8.82. The summed E-state index contributed by atoms with van der Waals surface area (Å²) in [5.74, 6) is 1.49. The second kappa shape index (κ2) is 6.59. The Morgan fingerprint density at radius 1 is 1.23 bits per heavy atom. The molecule has 0 radical (unpaired) electrons. The van der Waals surface area contributed by atoms with Crippen molar-refractivity contribution >= 4 is 46.2 Å². The number of carbonyl (C=O) groups is 1. The average molecular weight is 389 g/mol. The zero-order chi connectivity index (χ0) is 18.3. The van der Waals surface area contributed by atoms with Crippen molar-refractivity contribution in [2.45, 2.75) is 0 Å². The van der Waals surface area contributed by atoms with Crippen LogP contribution in [-0.4, -0.2) is 25.0 Å². The first-order chi connectivity index (χ1) is 12.6. The Labute approximate surface area is 158 Å². The van der Waals surface area contributed by atoms with Crippen LogP contribution in [0.3, 0.4) is 0 Å². The zero-order valence-electron chi connectivity index (χ0n) is 13.6. The number of amidine groups is 1. The Kier molecular flexibility index (Phi) is 4.26. The summed E-state index contributed by atoms with van der Waals surface area (Å²) in [5, 5.41) is 8.86. The largest absolute Gasteiger partial charge is 0.496 e. The van der Waals surface area contributed by atoms with Crippen molar-refractivity contribution in [2.24, 2.45) is 0 Å². The highest BCUT2D eigenvalue weighted by Gasteiger charge is 2.34. The van der Waals surface area contributed by atoms with Crippen LogP contribution >= 0.6 is 23.4 Å². The lowest BCUT2D eigenvalue weighted by atomic mass is 10.1. The van der Waals surface area contributed by atoms with E-state index in [9.17, 15) is 4.79 Å². The molecule has 0 aromatic heterocycles. The molecule has 6 nitrogen and oxygen atoms in total. The number of rotatable bonds is 3. The van der Waals surface area contributed by atoms with E-state index in [2.05, 4.69) is 0 Å². The van der Waals surface area contributed by atoms with Gasteiger partial charge in [-0.25, -0.2) is 0 Å². The lowest BCUT2D eigenvalue weighted by molar-refractivity contribution is -0.113. The zero-order valence-corrected chi connectivity index (χ0v) is 15.2. The van der Waals surface area contributed by atoms with Crippen molar-refractivity contribution in [3.05, 3.63) is 51.9 Å². The van der Waals surface area contributed by atoms with Gasteiger partial charge in [0.15, 0.2) is 16.7 Å². The van der Waals surface area contributed by atoms with Crippen LogP contribution in [0.25, 0.3) is 6.08 Å². The van der Waals surface area contributed by atoms with Gasteiger partial charge in [0.1, 0.15) is 5.75 Å². The van der Waals surface area contributed by atoms with Gasteiger partial charge in [0.25, 0.3) is 5.91 Å². The van der Waals surface area contributed by atoms with Crippen molar-refractivity contribution in [3.63, 3.8) is 0 Å². The van der Waals surface area contributed by atoms with Gasteiger partial charge in [-0.05, 0) is 48.2 Å². The van der Waals surface area contributed by atoms with Gasteiger partial charge in [0.05, 0.1) is 17.7 Å². The second-order valence-corrected chi connectivity index (χ2v) is 6.95. The fourth-order valence-corrected chi connectivity index (χ4v) is 3.74.